The molecule has 0 fully saturated rings. The molecule has 0 aliphatic rings. The highest BCUT2D eigenvalue weighted by atomic mass is 79.9. The maximum atomic E-state index is 12.2. The summed E-state index contributed by atoms with van der Waals surface area (Å²) >= 11 is 7.80. The predicted octanol–water partition coefficient (Wildman–Crippen LogP) is 4.49. The van der Waals surface area contributed by atoms with Crippen molar-refractivity contribution in [2.24, 2.45) is 0 Å². The van der Waals surface area contributed by atoms with Gasteiger partial charge in [-0.2, -0.15) is 13.2 Å². The molecule has 0 aliphatic carbocycles. The van der Waals surface area contributed by atoms with E-state index in [1.54, 1.807) is 6.07 Å². The lowest BCUT2D eigenvalue weighted by Crippen LogP contribution is -2.22. The standard InChI is InChI=1S/C8H8Br2F3NS/c1-14-5(3-8(11,12)13)6-2-4(9)7(10)15-6/h2,5,14H,3H2,1H3. The quantitative estimate of drug-likeness (QED) is 0.831. The van der Waals surface area contributed by atoms with Gasteiger partial charge in [-0.1, -0.05) is 0 Å². The fraction of sp³-hybridized carbons (Fsp3) is 0.500. The molecule has 1 atom stereocenters. The molecule has 0 bridgehead atoms. The highest BCUT2D eigenvalue weighted by Gasteiger charge is 2.32. The Hall–Kier alpha value is 0.410. The summed E-state index contributed by atoms with van der Waals surface area (Å²) in [6.07, 6.45) is -5.01. The van der Waals surface area contributed by atoms with Crippen molar-refractivity contribution in [2.75, 3.05) is 7.05 Å². The van der Waals surface area contributed by atoms with Gasteiger partial charge in [0.2, 0.25) is 0 Å². The van der Waals surface area contributed by atoms with Gasteiger partial charge in [0.05, 0.1) is 10.2 Å². The van der Waals surface area contributed by atoms with E-state index >= 15 is 0 Å². The fourth-order valence-electron chi connectivity index (χ4n) is 1.11. The van der Waals surface area contributed by atoms with E-state index in [0.29, 0.717) is 4.88 Å². The van der Waals surface area contributed by atoms with Gasteiger partial charge in [0.1, 0.15) is 0 Å². The van der Waals surface area contributed by atoms with Crippen LogP contribution in [0, 0.1) is 0 Å². The minimum Gasteiger partial charge on any atom is -0.312 e. The Bertz CT molecular complexity index is 318. The summed E-state index contributed by atoms with van der Waals surface area (Å²) in [6.45, 7) is 0. The Morgan fingerprint density at radius 1 is 1.47 bits per heavy atom. The summed E-state index contributed by atoms with van der Waals surface area (Å²) in [5.74, 6) is 0. The molecule has 1 aromatic rings. The van der Waals surface area contributed by atoms with Gasteiger partial charge in [-0.25, -0.2) is 0 Å². The summed E-state index contributed by atoms with van der Waals surface area (Å²) in [7, 11) is 1.53. The number of nitrogens with one attached hydrogen (secondary N) is 1. The Morgan fingerprint density at radius 2 is 2.07 bits per heavy atom. The van der Waals surface area contributed by atoms with Crippen molar-refractivity contribution in [1.29, 1.82) is 0 Å². The normalized spacial score (nSPS) is 14.3. The van der Waals surface area contributed by atoms with Crippen molar-refractivity contribution in [1.82, 2.24) is 5.32 Å². The van der Waals surface area contributed by atoms with Crippen LogP contribution in [0.2, 0.25) is 0 Å². The molecule has 0 aromatic carbocycles. The van der Waals surface area contributed by atoms with E-state index in [4.69, 9.17) is 0 Å². The van der Waals surface area contributed by atoms with Crippen LogP contribution in [0.4, 0.5) is 13.2 Å². The number of hydrogen-bond donors (Lipinski definition) is 1. The number of halogens is 5. The molecule has 1 heterocycles. The topological polar surface area (TPSA) is 12.0 Å². The summed E-state index contributed by atoms with van der Waals surface area (Å²) in [6, 6.07) is 1.01. The second-order valence-electron chi connectivity index (χ2n) is 2.93. The summed E-state index contributed by atoms with van der Waals surface area (Å²) in [4.78, 5) is 0.661. The molecule has 0 amide bonds. The number of thiophene rings is 1. The first-order valence-corrected chi connectivity index (χ1v) is 6.42. The molecule has 0 spiro atoms. The van der Waals surface area contributed by atoms with Crippen molar-refractivity contribution in [3.63, 3.8) is 0 Å². The van der Waals surface area contributed by atoms with E-state index in [0.717, 1.165) is 8.26 Å². The van der Waals surface area contributed by atoms with Crippen LogP contribution in [0.3, 0.4) is 0 Å². The second-order valence-corrected chi connectivity index (χ2v) is 6.19. The summed E-state index contributed by atoms with van der Waals surface area (Å²) in [5, 5.41) is 2.66. The highest BCUT2D eigenvalue weighted by Crippen LogP contribution is 2.38. The van der Waals surface area contributed by atoms with Gasteiger partial charge in [-0.3, -0.25) is 0 Å². The molecule has 1 N–H and O–H groups in total. The first-order chi connectivity index (χ1) is 6.83. The molecule has 0 radical (unpaired) electrons. The van der Waals surface area contributed by atoms with E-state index in [9.17, 15) is 13.2 Å². The Balaban J connectivity index is 2.83. The molecule has 1 aromatic heterocycles. The van der Waals surface area contributed by atoms with Crippen LogP contribution >= 0.6 is 43.2 Å². The number of alkyl halides is 3. The molecule has 0 aliphatic heterocycles. The van der Waals surface area contributed by atoms with Crippen LogP contribution in [0.25, 0.3) is 0 Å². The van der Waals surface area contributed by atoms with Gasteiger partial charge in [0.15, 0.2) is 0 Å². The maximum absolute atomic E-state index is 12.2. The second kappa shape index (κ2) is 5.16. The fourth-order valence-corrected chi connectivity index (χ4v) is 3.31. The first kappa shape index (κ1) is 13.5. The Labute approximate surface area is 106 Å². The third-order valence-electron chi connectivity index (χ3n) is 1.79. The van der Waals surface area contributed by atoms with Gasteiger partial charge in [0, 0.05) is 15.4 Å². The van der Waals surface area contributed by atoms with E-state index in [-0.39, 0.29) is 0 Å². The lowest BCUT2D eigenvalue weighted by atomic mass is 10.2. The highest BCUT2D eigenvalue weighted by molar-refractivity contribution is 9.13. The lowest BCUT2D eigenvalue weighted by Gasteiger charge is -2.16. The van der Waals surface area contributed by atoms with E-state index < -0.39 is 18.6 Å². The third kappa shape index (κ3) is 4.05. The molecule has 0 saturated carbocycles. The number of rotatable bonds is 3. The van der Waals surface area contributed by atoms with Crippen LogP contribution in [0.1, 0.15) is 17.3 Å². The van der Waals surface area contributed by atoms with Crippen LogP contribution < -0.4 is 5.32 Å². The largest absolute Gasteiger partial charge is 0.390 e. The van der Waals surface area contributed by atoms with Gasteiger partial charge in [0.25, 0.3) is 0 Å². The summed E-state index contributed by atoms with van der Waals surface area (Å²) in [5.41, 5.74) is 0. The van der Waals surface area contributed by atoms with E-state index in [1.807, 2.05) is 0 Å². The van der Waals surface area contributed by atoms with Crippen LogP contribution in [-0.4, -0.2) is 13.2 Å². The van der Waals surface area contributed by atoms with Gasteiger partial charge < -0.3 is 5.32 Å². The molecule has 0 saturated heterocycles. The SMILES string of the molecule is CNC(CC(F)(F)F)c1cc(Br)c(Br)s1. The minimum absolute atomic E-state index is 0.661. The Morgan fingerprint density at radius 3 is 2.40 bits per heavy atom. The maximum Gasteiger partial charge on any atom is 0.390 e. The average Bonchev–Trinajstić information content (AvgIpc) is 2.41. The zero-order valence-electron chi connectivity index (χ0n) is 7.66. The molecule has 1 nitrogen and oxygen atoms in total. The lowest BCUT2D eigenvalue weighted by molar-refractivity contribution is -0.140. The smallest absolute Gasteiger partial charge is 0.312 e. The van der Waals surface area contributed by atoms with Gasteiger partial charge in [-0.05, 0) is 45.0 Å². The number of hydrogen-bond acceptors (Lipinski definition) is 2. The first-order valence-electron chi connectivity index (χ1n) is 4.02. The third-order valence-corrected chi connectivity index (χ3v) is 5.16. The van der Waals surface area contributed by atoms with Crippen molar-refractivity contribution < 1.29 is 13.2 Å². The molecule has 15 heavy (non-hydrogen) atoms. The molecular formula is C8H8Br2F3NS. The molecule has 86 valence electrons. The predicted molar refractivity (Wildman–Crippen MR) is 62.2 cm³/mol. The van der Waals surface area contributed by atoms with Crippen molar-refractivity contribution in [3.05, 3.63) is 19.2 Å². The van der Waals surface area contributed by atoms with E-state index in [1.165, 1.54) is 18.4 Å². The Kier molecular flexibility index (Phi) is 4.64. The molecular weight excluding hydrogens is 359 g/mol. The van der Waals surface area contributed by atoms with Gasteiger partial charge in [-0.15, -0.1) is 11.3 Å². The average molecular weight is 367 g/mol. The molecule has 7 heteroatoms. The molecule has 1 unspecified atom stereocenters. The zero-order valence-corrected chi connectivity index (χ0v) is 11.6. The van der Waals surface area contributed by atoms with Crippen LogP contribution in [-0.2, 0) is 0 Å². The monoisotopic (exact) mass is 365 g/mol. The van der Waals surface area contributed by atoms with Crippen molar-refractivity contribution in [3.8, 4) is 0 Å². The molecule has 1 rings (SSSR count). The summed E-state index contributed by atoms with van der Waals surface area (Å²) < 4.78 is 38.3. The van der Waals surface area contributed by atoms with Crippen molar-refractivity contribution >= 4 is 43.2 Å². The van der Waals surface area contributed by atoms with Crippen molar-refractivity contribution in [2.45, 2.75) is 18.6 Å². The minimum atomic E-state index is -4.16. The van der Waals surface area contributed by atoms with Crippen LogP contribution in [0.5, 0.6) is 0 Å². The van der Waals surface area contributed by atoms with E-state index in [2.05, 4.69) is 37.2 Å². The zero-order chi connectivity index (χ0) is 11.6. The van der Waals surface area contributed by atoms with Crippen LogP contribution in [0.15, 0.2) is 14.3 Å². The van der Waals surface area contributed by atoms with Gasteiger partial charge >= 0.3 is 6.18 Å².